The van der Waals surface area contributed by atoms with Gasteiger partial charge in [0.15, 0.2) is 21.3 Å². The van der Waals surface area contributed by atoms with Gasteiger partial charge in [0.05, 0.1) is 26.4 Å². The number of hydrogen-bond acceptors (Lipinski definition) is 5. The average molecular weight is 552 g/mol. The molecule has 0 aliphatic heterocycles. The average Bonchev–Trinajstić information content (AvgIpc) is 3.12. The van der Waals surface area contributed by atoms with Crippen LogP contribution in [0.3, 0.4) is 0 Å². The molecule has 0 saturated heterocycles. The minimum atomic E-state index is -4.65. The summed E-state index contributed by atoms with van der Waals surface area (Å²) in [5, 5.41) is 4.27. The molecule has 3 aromatic heterocycles. The first-order chi connectivity index (χ1) is 15.8. The minimum absolute atomic E-state index is 0.118. The molecule has 14 heteroatoms. The summed E-state index contributed by atoms with van der Waals surface area (Å²) < 4.78 is 66.4. The fourth-order valence-corrected chi connectivity index (χ4v) is 4.78. The third kappa shape index (κ3) is 4.28. The number of fused-ring (bicyclic) bond motifs is 1. The van der Waals surface area contributed by atoms with E-state index in [2.05, 4.69) is 10.1 Å². The molecule has 0 atom stereocenters. The van der Waals surface area contributed by atoms with Crippen molar-refractivity contribution in [3.63, 3.8) is 0 Å². The number of rotatable bonds is 4. The molecule has 0 saturated carbocycles. The van der Waals surface area contributed by atoms with E-state index in [-0.39, 0.29) is 37.2 Å². The first-order valence-corrected chi connectivity index (χ1v) is 12.2. The lowest BCUT2D eigenvalue weighted by atomic mass is 10.1. The van der Waals surface area contributed by atoms with Crippen molar-refractivity contribution in [1.82, 2.24) is 19.2 Å². The highest BCUT2D eigenvalue weighted by molar-refractivity contribution is 7.91. The zero-order valence-corrected chi connectivity index (χ0v) is 20.0. The Kier molecular flexibility index (Phi) is 6.17. The Morgan fingerprint density at radius 3 is 2.26 bits per heavy atom. The van der Waals surface area contributed by atoms with E-state index in [9.17, 15) is 26.4 Å². The van der Waals surface area contributed by atoms with Crippen LogP contribution >= 0.6 is 34.8 Å². The second kappa shape index (κ2) is 8.56. The summed E-state index contributed by atoms with van der Waals surface area (Å²) in [6, 6.07) is 5.58. The molecular weight excluding hydrogens is 540 g/mol. The Bertz CT molecular complexity index is 1590. The van der Waals surface area contributed by atoms with Gasteiger partial charge >= 0.3 is 11.9 Å². The van der Waals surface area contributed by atoms with Gasteiger partial charge in [-0.25, -0.2) is 22.6 Å². The molecule has 0 amide bonds. The summed E-state index contributed by atoms with van der Waals surface area (Å²) in [5.41, 5.74) is -1.54. The van der Waals surface area contributed by atoms with E-state index in [0.717, 1.165) is 10.6 Å². The number of nitrogens with zero attached hydrogens (tertiary/aromatic N) is 4. The second-order valence-corrected chi connectivity index (χ2v) is 10.5. The van der Waals surface area contributed by atoms with Crippen molar-refractivity contribution in [3.05, 3.63) is 73.8 Å². The number of benzene rings is 1. The Hall–Kier alpha value is -2.60. The van der Waals surface area contributed by atoms with Crippen molar-refractivity contribution in [1.29, 1.82) is 0 Å². The molecular formula is C20H12Cl3F3N4O3S. The van der Waals surface area contributed by atoms with Crippen LogP contribution < -0.4 is 5.69 Å². The second-order valence-electron chi connectivity index (χ2n) is 7.04. The molecule has 4 rings (SSSR count). The van der Waals surface area contributed by atoms with Crippen LogP contribution in [0.1, 0.15) is 12.5 Å². The highest BCUT2D eigenvalue weighted by Crippen LogP contribution is 2.36. The predicted molar refractivity (Wildman–Crippen MR) is 122 cm³/mol. The van der Waals surface area contributed by atoms with Crippen molar-refractivity contribution in [2.75, 3.05) is 5.75 Å². The van der Waals surface area contributed by atoms with Crippen LogP contribution in [-0.4, -0.2) is 33.3 Å². The first-order valence-electron chi connectivity index (χ1n) is 9.40. The summed E-state index contributed by atoms with van der Waals surface area (Å²) >= 11 is 18.1. The molecule has 4 aromatic rings. The monoisotopic (exact) mass is 550 g/mol. The van der Waals surface area contributed by atoms with Gasteiger partial charge in [-0.05, 0) is 35.9 Å². The Morgan fingerprint density at radius 1 is 1.03 bits per heavy atom. The zero-order valence-electron chi connectivity index (χ0n) is 16.9. The molecule has 0 spiro atoms. The van der Waals surface area contributed by atoms with Gasteiger partial charge in [0, 0.05) is 18.0 Å². The van der Waals surface area contributed by atoms with Gasteiger partial charge in [0.1, 0.15) is 4.90 Å². The number of hydrogen-bond donors (Lipinski definition) is 0. The van der Waals surface area contributed by atoms with E-state index in [1.807, 2.05) is 0 Å². The lowest BCUT2D eigenvalue weighted by molar-refractivity contribution is -0.137. The summed E-state index contributed by atoms with van der Waals surface area (Å²) in [6.45, 7) is 1.39. The van der Waals surface area contributed by atoms with Crippen molar-refractivity contribution in [2.45, 2.75) is 18.0 Å². The number of halogens is 6. The van der Waals surface area contributed by atoms with Crippen molar-refractivity contribution < 1.29 is 21.6 Å². The molecule has 178 valence electrons. The lowest BCUT2D eigenvalue weighted by Gasteiger charge is -2.11. The molecule has 3 heterocycles. The molecule has 0 aliphatic rings. The van der Waals surface area contributed by atoms with E-state index in [1.165, 1.54) is 31.3 Å². The number of alkyl halides is 3. The summed E-state index contributed by atoms with van der Waals surface area (Å²) in [5.74, 6) is -0.702. The minimum Gasteiger partial charge on any atom is -0.250 e. The van der Waals surface area contributed by atoms with Gasteiger partial charge in [-0.2, -0.15) is 17.9 Å². The highest BCUT2D eigenvalue weighted by Gasteiger charge is 2.31. The molecule has 34 heavy (non-hydrogen) atoms. The SMILES string of the molecule is CCS(=O)(=O)c1cc(-c2cc(Cl)c(Cl)c(Cl)c2)cnc1-n1nc2cc(C(F)(F)F)ccn2c1=O. The topological polar surface area (TPSA) is 86.3 Å². The normalized spacial score (nSPS) is 12.4. The van der Waals surface area contributed by atoms with E-state index in [4.69, 9.17) is 34.8 Å². The maximum absolute atomic E-state index is 13.1. The van der Waals surface area contributed by atoms with Gasteiger partial charge in [-0.3, -0.25) is 0 Å². The van der Waals surface area contributed by atoms with Crippen LogP contribution in [0.2, 0.25) is 15.1 Å². The quantitative estimate of drug-likeness (QED) is 0.321. The maximum Gasteiger partial charge on any atom is 0.416 e. The lowest BCUT2D eigenvalue weighted by Crippen LogP contribution is -2.23. The first kappa shape index (κ1) is 24.5. The highest BCUT2D eigenvalue weighted by atomic mass is 35.5. The van der Waals surface area contributed by atoms with Gasteiger partial charge in [-0.1, -0.05) is 41.7 Å². The Labute approximate surface area is 205 Å². The van der Waals surface area contributed by atoms with E-state index >= 15 is 0 Å². The summed E-state index contributed by atoms with van der Waals surface area (Å²) in [4.78, 5) is 16.6. The van der Waals surface area contributed by atoms with Crippen LogP contribution in [0, 0.1) is 0 Å². The number of aromatic nitrogens is 4. The van der Waals surface area contributed by atoms with Crippen molar-refractivity contribution in [2.24, 2.45) is 0 Å². The van der Waals surface area contributed by atoms with Gasteiger partial charge in [0.2, 0.25) is 0 Å². The van der Waals surface area contributed by atoms with Crippen LogP contribution in [0.4, 0.5) is 13.2 Å². The summed E-state index contributed by atoms with van der Waals surface area (Å²) in [6.07, 6.45) is -2.49. The molecule has 0 unspecified atom stereocenters. The van der Waals surface area contributed by atoms with Gasteiger partial charge in [-0.15, -0.1) is 5.10 Å². The molecule has 0 N–H and O–H groups in total. The zero-order chi connectivity index (χ0) is 25.0. The van der Waals surface area contributed by atoms with Crippen LogP contribution in [-0.2, 0) is 16.0 Å². The molecule has 0 bridgehead atoms. The van der Waals surface area contributed by atoms with Crippen LogP contribution in [0.15, 0.2) is 52.4 Å². The predicted octanol–water partition coefficient (Wildman–Crippen LogP) is 5.32. The number of sulfone groups is 1. The van der Waals surface area contributed by atoms with Crippen molar-refractivity contribution in [3.8, 4) is 16.9 Å². The molecule has 0 radical (unpaired) electrons. The van der Waals surface area contributed by atoms with Crippen LogP contribution in [0.5, 0.6) is 0 Å². The van der Waals surface area contributed by atoms with E-state index < -0.39 is 27.3 Å². The van der Waals surface area contributed by atoms with Gasteiger partial charge < -0.3 is 0 Å². The van der Waals surface area contributed by atoms with E-state index in [1.54, 1.807) is 0 Å². The largest absolute Gasteiger partial charge is 0.416 e. The summed E-state index contributed by atoms with van der Waals surface area (Å²) in [7, 11) is -3.97. The van der Waals surface area contributed by atoms with Crippen molar-refractivity contribution >= 4 is 50.3 Å². The molecule has 7 nitrogen and oxygen atoms in total. The smallest absolute Gasteiger partial charge is 0.250 e. The molecule has 0 aliphatic carbocycles. The Balaban J connectivity index is 1.96. The molecule has 1 aromatic carbocycles. The fraction of sp³-hybridized carbons (Fsp3) is 0.150. The third-order valence-electron chi connectivity index (χ3n) is 4.92. The van der Waals surface area contributed by atoms with E-state index in [0.29, 0.717) is 27.9 Å². The standard InChI is InChI=1S/C20H12Cl3F3N4O3S/c1-2-34(32,33)15-7-11(10-5-13(21)17(23)14(22)6-10)9-27-18(15)30-19(31)29-4-3-12(20(24,25)26)8-16(29)28-30/h3-9H,2H2,1H3. The number of pyridine rings is 2. The maximum atomic E-state index is 13.1. The van der Waals surface area contributed by atoms with Crippen LogP contribution in [0.25, 0.3) is 22.6 Å². The Morgan fingerprint density at radius 2 is 1.68 bits per heavy atom. The van der Waals surface area contributed by atoms with Gasteiger partial charge in [0.25, 0.3) is 0 Å². The third-order valence-corrected chi connectivity index (χ3v) is 7.84. The molecule has 0 fully saturated rings. The fourth-order valence-electron chi connectivity index (χ4n) is 3.15.